The Labute approximate surface area is 145 Å². The summed E-state index contributed by atoms with van der Waals surface area (Å²) >= 11 is 0. The van der Waals surface area contributed by atoms with Crippen molar-refractivity contribution in [3.8, 4) is 0 Å². The first-order chi connectivity index (χ1) is 11.7. The number of carbonyl (C=O) groups is 1. The SMILES string of the molecule is CCCNC(=O)c1cccc(CN=C(NCC)NCCCOC)c1. The molecule has 0 saturated carbocycles. The van der Waals surface area contributed by atoms with E-state index in [9.17, 15) is 4.79 Å². The van der Waals surface area contributed by atoms with Gasteiger partial charge in [-0.3, -0.25) is 4.79 Å². The Hall–Kier alpha value is -2.08. The molecule has 0 aromatic heterocycles. The molecule has 3 N–H and O–H groups in total. The second-order valence-corrected chi connectivity index (χ2v) is 5.42. The zero-order chi connectivity index (χ0) is 17.6. The number of nitrogens with zero attached hydrogens (tertiary/aromatic N) is 1. The van der Waals surface area contributed by atoms with E-state index < -0.39 is 0 Å². The van der Waals surface area contributed by atoms with Crippen molar-refractivity contribution in [2.45, 2.75) is 33.2 Å². The van der Waals surface area contributed by atoms with Crippen LogP contribution in [0.1, 0.15) is 42.6 Å². The average Bonchev–Trinajstić information content (AvgIpc) is 2.61. The Kier molecular flexibility index (Phi) is 10.3. The maximum absolute atomic E-state index is 12.0. The molecule has 0 saturated heterocycles. The smallest absolute Gasteiger partial charge is 0.251 e. The van der Waals surface area contributed by atoms with Gasteiger partial charge >= 0.3 is 0 Å². The van der Waals surface area contributed by atoms with Gasteiger partial charge in [0.05, 0.1) is 6.54 Å². The van der Waals surface area contributed by atoms with E-state index in [2.05, 4.69) is 20.9 Å². The maximum Gasteiger partial charge on any atom is 0.251 e. The van der Waals surface area contributed by atoms with Gasteiger partial charge in [-0.25, -0.2) is 4.99 Å². The van der Waals surface area contributed by atoms with E-state index in [0.29, 0.717) is 18.7 Å². The van der Waals surface area contributed by atoms with Gasteiger partial charge in [-0.05, 0) is 37.5 Å². The van der Waals surface area contributed by atoms with Gasteiger partial charge in [0, 0.05) is 38.9 Å². The molecule has 0 bridgehead atoms. The van der Waals surface area contributed by atoms with Gasteiger partial charge in [0.25, 0.3) is 5.91 Å². The fourth-order valence-corrected chi connectivity index (χ4v) is 2.09. The zero-order valence-electron chi connectivity index (χ0n) is 15.0. The third kappa shape index (κ3) is 7.97. The molecule has 24 heavy (non-hydrogen) atoms. The summed E-state index contributed by atoms with van der Waals surface area (Å²) < 4.78 is 5.04. The molecule has 1 aromatic rings. The molecule has 0 spiro atoms. The Morgan fingerprint density at radius 3 is 2.71 bits per heavy atom. The number of amides is 1. The minimum Gasteiger partial charge on any atom is -0.385 e. The van der Waals surface area contributed by atoms with Crippen molar-refractivity contribution in [1.29, 1.82) is 0 Å². The van der Waals surface area contributed by atoms with E-state index in [1.807, 2.05) is 38.1 Å². The third-order valence-corrected chi connectivity index (χ3v) is 3.31. The number of rotatable bonds is 10. The van der Waals surface area contributed by atoms with Crippen molar-refractivity contribution in [1.82, 2.24) is 16.0 Å². The molecule has 0 atom stereocenters. The summed E-state index contributed by atoms with van der Waals surface area (Å²) in [5.41, 5.74) is 1.68. The van der Waals surface area contributed by atoms with Crippen LogP contribution in [0.15, 0.2) is 29.3 Å². The molecule has 0 aliphatic heterocycles. The van der Waals surface area contributed by atoms with E-state index in [0.717, 1.165) is 44.1 Å². The lowest BCUT2D eigenvalue weighted by Gasteiger charge is -2.11. The molecule has 6 nitrogen and oxygen atoms in total. The standard InChI is InChI=1S/C18H30N4O2/c1-4-10-20-17(23)16-9-6-8-15(13-16)14-22-18(19-5-2)21-11-7-12-24-3/h6,8-9,13H,4-5,7,10-12,14H2,1-3H3,(H,20,23)(H2,19,21,22). The quantitative estimate of drug-likeness (QED) is 0.347. The molecule has 0 unspecified atom stereocenters. The number of hydrogen-bond acceptors (Lipinski definition) is 3. The number of hydrogen-bond donors (Lipinski definition) is 3. The highest BCUT2D eigenvalue weighted by atomic mass is 16.5. The first kappa shape index (κ1) is 20.0. The summed E-state index contributed by atoms with van der Waals surface area (Å²) in [5.74, 6) is 0.738. The number of benzene rings is 1. The van der Waals surface area contributed by atoms with Crippen molar-refractivity contribution in [2.24, 2.45) is 4.99 Å². The highest BCUT2D eigenvalue weighted by Crippen LogP contribution is 2.07. The van der Waals surface area contributed by atoms with E-state index in [1.165, 1.54) is 0 Å². The van der Waals surface area contributed by atoms with Crippen LogP contribution in [-0.2, 0) is 11.3 Å². The van der Waals surface area contributed by atoms with E-state index in [4.69, 9.17) is 4.74 Å². The predicted molar refractivity (Wildman–Crippen MR) is 98.4 cm³/mol. The number of aliphatic imine (C=N–C) groups is 1. The fourth-order valence-electron chi connectivity index (χ4n) is 2.09. The molecule has 0 fully saturated rings. The number of ether oxygens (including phenoxy) is 1. The van der Waals surface area contributed by atoms with Crippen LogP contribution in [0.4, 0.5) is 0 Å². The Morgan fingerprint density at radius 1 is 1.17 bits per heavy atom. The molecule has 134 valence electrons. The van der Waals surface area contributed by atoms with Gasteiger partial charge in [0.1, 0.15) is 0 Å². The molecule has 1 rings (SSSR count). The monoisotopic (exact) mass is 334 g/mol. The largest absolute Gasteiger partial charge is 0.385 e. The van der Waals surface area contributed by atoms with Gasteiger partial charge in [0.2, 0.25) is 0 Å². The predicted octanol–water partition coefficient (Wildman–Crippen LogP) is 1.92. The van der Waals surface area contributed by atoms with Crippen LogP contribution in [0.3, 0.4) is 0 Å². The minimum atomic E-state index is -0.0349. The molecule has 0 radical (unpaired) electrons. The van der Waals surface area contributed by atoms with Crippen LogP contribution < -0.4 is 16.0 Å². The summed E-state index contributed by atoms with van der Waals surface area (Å²) in [4.78, 5) is 16.6. The van der Waals surface area contributed by atoms with Gasteiger partial charge in [0.15, 0.2) is 5.96 Å². The van der Waals surface area contributed by atoms with Crippen molar-refractivity contribution >= 4 is 11.9 Å². The van der Waals surface area contributed by atoms with Gasteiger partial charge in [-0.2, -0.15) is 0 Å². The fraction of sp³-hybridized carbons (Fsp3) is 0.556. The highest BCUT2D eigenvalue weighted by molar-refractivity contribution is 5.94. The van der Waals surface area contributed by atoms with Crippen LogP contribution in [0.5, 0.6) is 0 Å². The van der Waals surface area contributed by atoms with Crippen LogP contribution in [0, 0.1) is 0 Å². The third-order valence-electron chi connectivity index (χ3n) is 3.31. The minimum absolute atomic E-state index is 0.0349. The van der Waals surface area contributed by atoms with Crippen molar-refractivity contribution in [2.75, 3.05) is 33.4 Å². The van der Waals surface area contributed by atoms with Crippen LogP contribution >= 0.6 is 0 Å². The summed E-state index contributed by atoms with van der Waals surface area (Å²) in [6.07, 6.45) is 1.85. The Bertz CT molecular complexity index is 517. The number of guanidine groups is 1. The normalized spacial score (nSPS) is 11.2. The molecule has 6 heteroatoms. The lowest BCUT2D eigenvalue weighted by Crippen LogP contribution is -2.38. The Balaban J connectivity index is 2.62. The molecular weight excluding hydrogens is 304 g/mol. The topological polar surface area (TPSA) is 74.8 Å². The maximum atomic E-state index is 12.0. The summed E-state index contributed by atoms with van der Waals surface area (Å²) in [6, 6.07) is 7.59. The molecule has 1 aromatic carbocycles. The molecule has 0 heterocycles. The van der Waals surface area contributed by atoms with Crippen LogP contribution in [0.2, 0.25) is 0 Å². The average molecular weight is 334 g/mol. The summed E-state index contributed by atoms with van der Waals surface area (Å²) in [7, 11) is 1.70. The van der Waals surface area contributed by atoms with E-state index in [1.54, 1.807) is 7.11 Å². The van der Waals surface area contributed by atoms with Gasteiger partial charge < -0.3 is 20.7 Å². The molecule has 0 aliphatic rings. The van der Waals surface area contributed by atoms with E-state index >= 15 is 0 Å². The van der Waals surface area contributed by atoms with Crippen molar-refractivity contribution < 1.29 is 9.53 Å². The first-order valence-corrected chi connectivity index (χ1v) is 8.59. The van der Waals surface area contributed by atoms with Gasteiger partial charge in [-0.15, -0.1) is 0 Å². The number of methoxy groups -OCH3 is 1. The molecule has 1 amide bonds. The lowest BCUT2D eigenvalue weighted by molar-refractivity contribution is 0.0953. The lowest BCUT2D eigenvalue weighted by atomic mass is 10.1. The summed E-state index contributed by atoms with van der Waals surface area (Å²) in [5, 5.41) is 9.37. The van der Waals surface area contributed by atoms with Gasteiger partial charge in [-0.1, -0.05) is 19.1 Å². The van der Waals surface area contributed by atoms with Crippen molar-refractivity contribution in [3.05, 3.63) is 35.4 Å². The number of nitrogens with one attached hydrogen (secondary N) is 3. The highest BCUT2D eigenvalue weighted by Gasteiger charge is 2.05. The first-order valence-electron chi connectivity index (χ1n) is 8.59. The summed E-state index contributed by atoms with van der Waals surface area (Å²) in [6.45, 7) is 7.61. The molecule has 0 aliphatic carbocycles. The van der Waals surface area contributed by atoms with Crippen LogP contribution in [0.25, 0.3) is 0 Å². The second-order valence-electron chi connectivity index (χ2n) is 5.42. The van der Waals surface area contributed by atoms with Crippen LogP contribution in [-0.4, -0.2) is 45.2 Å². The molecular formula is C18H30N4O2. The van der Waals surface area contributed by atoms with Crippen molar-refractivity contribution in [3.63, 3.8) is 0 Å². The number of carbonyl (C=O) groups excluding carboxylic acids is 1. The zero-order valence-corrected chi connectivity index (χ0v) is 15.0. The van der Waals surface area contributed by atoms with E-state index in [-0.39, 0.29) is 5.91 Å². The second kappa shape index (κ2) is 12.4. The Morgan fingerprint density at radius 2 is 2.00 bits per heavy atom.